The summed E-state index contributed by atoms with van der Waals surface area (Å²) in [5.41, 5.74) is 4.40. The first-order valence-electron chi connectivity index (χ1n) is 9.86. The molecule has 0 unspecified atom stereocenters. The smallest absolute Gasteiger partial charge is 0.263 e. The Morgan fingerprint density at radius 1 is 1.03 bits per heavy atom. The van der Waals surface area contributed by atoms with E-state index in [1.54, 1.807) is 13.4 Å². The maximum atomic E-state index is 13.2. The van der Waals surface area contributed by atoms with E-state index in [1.165, 1.54) is 12.1 Å². The van der Waals surface area contributed by atoms with Crippen LogP contribution in [0.25, 0.3) is 11.0 Å². The molecule has 0 aliphatic rings. The second-order valence-electron chi connectivity index (χ2n) is 7.59. The van der Waals surface area contributed by atoms with E-state index in [1.807, 2.05) is 48.7 Å². The minimum Gasteiger partial charge on any atom is -0.497 e. The minimum atomic E-state index is -4.06. The quantitative estimate of drug-likeness (QED) is 0.293. The third-order valence-corrected chi connectivity index (χ3v) is 7.96. The van der Waals surface area contributed by atoms with Gasteiger partial charge in [0.2, 0.25) is 0 Å². The summed E-state index contributed by atoms with van der Waals surface area (Å²) < 4.78 is 36.4. The van der Waals surface area contributed by atoms with Crippen LogP contribution in [-0.2, 0) is 16.6 Å². The van der Waals surface area contributed by atoms with Crippen LogP contribution >= 0.6 is 34.8 Å². The monoisotopic (exact) mass is 523 g/mol. The molecule has 6 nitrogen and oxygen atoms in total. The van der Waals surface area contributed by atoms with Gasteiger partial charge in [-0.15, -0.1) is 0 Å². The largest absolute Gasteiger partial charge is 0.497 e. The number of methoxy groups -OCH3 is 1. The van der Waals surface area contributed by atoms with Crippen molar-refractivity contribution in [1.82, 2.24) is 9.55 Å². The van der Waals surface area contributed by atoms with Crippen molar-refractivity contribution >= 4 is 61.5 Å². The summed E-state index contributed by atoms with van der Waals surface area (Å²) in [5, 5.41) is 0.239. The fourth-order valence-electron chi connectivity index (χ4n) is 3.54. The van der Waals surface area contributed by atoms with Crippen molar-refractivity contribution < 1.29 is 13.2 Å². The topological polar surface area (TPSA) is 73.2 Å². The van der Waals surface area contributed by atoms with Crippen LogP contribution in [0.2, 0.25) is 15.1 Å². The first-order valence-corrected chi connectivity index (χ1v) is 12.5. The number of anilines is 1. The van der Waals surface area contributed by atoms with Crippen molar-refractivity contribution in [2.45, 2.75) is 25.3 Å². The average molecular weight is 525 g/mol. The number of ether oxygens (including phenoxy) is 1. The molecule has 10 heteroatoms. The standard InChI is InChI=1S/C23H20Cl3N3O3S/c1-13-7-20-23(27-12-29(20)11-15-5-4-6-16(8-15)32-3)22(14(13)2)28-33(30,31)21-10-18(25)17(24)9-19(21)26/h4-10,12,28H,11H2,1-3H3. The van der Waals surface area contributed by atoms with Gasteiger partial charge >= 0.3 is 0 Å². The molecule has 0 spiro atoms. The molecule has 1 heterocycles. The Hall–Kier alpha value is -2.45. The number of imidazole rings is 1. The SMILES string of the molecule is COc1cccc(Cn2cnc3c(NS(=O)(=O)c4cc(Cl)c(Cl)cc4Cl)c(C)c(C)cc32)c1. The number of hydrogen-bond donors (Lipinski definition) is 1. The van der Waals surface area contributed by atoms with Gasteiger partial charge in [0.25, 0.3) is 10.0 Å². The van der Waals surface area contributed by atoms with Gasteiger partial charge in [-0.05, 0) is 60.9 Å². The fraction of sp³-hybridized carbons (Fsp3) is 0.174. The third kappa shape index (κ3) is 4.64. The molecule has 0 aliphatic carbocycles. The van der Waals surface area contributed by atoms with Gasteiger partial charge in [-0.1, -0.05) is 46.9 Å². The molecule has 0 saturated carbocycles. The number of nitrogens with one attached hydrogen (secondary N) is 1. The second-order valence-corrected chi connectivity index (χ2v) is 10.5. The lowest BCUT2D eigenvalue weighted by Crippen LogP contribution is -2.15. The van der Waals surface area contributed by atoms with Crippen molar-refractivity contribution in [1.29, 1.82) is 0 Å². The highest BCUT2D eigenvalue weighted by Crippen LogP contribution is 2.35. The first-order chi connectivity index (χ1) is 15.6. The fourth-order valence-corrected chi connectivity index (χ4v) is 5.68. The number of nitrogens with zero attached hydrogens (tertiary/aromatic N) is 2. The van der Waals surface area contributed by atoms with E-state index < -0.39 is 10.0 Å². The number of aromatic nitrogens is 2. The molecule has 0 amide bonds. The summed E-state index contributed by atoms with van der Waals surface area (Å²) in [6.45, 7) is 4.30. The molecule has 1 aromatic heterocycles. The van der Waals surface area contributed by atoms with Crippen LogP contribution in [0.15, 0.2) is 53.7 Å². The van der Waals surface area contributed by atoms with Gasteiger partial charge in [0.1, 0.15) is 16.2 Å². The van der Waals surface area contributed by atoms with E-state index in [0.717, 1.165) is 28.0 Å². The van der Waals surface area contributed by atoms with Crippen LogP contribution in [0.1, 0.15) is 16.7 Å². The van der Waals surface area contributed by atoms with Crippen molar-refractivity contribution in [3.63, 3.8) is 0 Å². The summed E-state index contributed by atoms with van der Waals surface area (Å²) in [7, 11) is -2.44. The predicted molar refractivity (Wildman–Crippen MR) is 134 cm³/mol. The molecule has 0 aliphatic heterocycles. The van der Waals surface area contributed by atoms with E-state index >= 15 is 0 Å². The second kappa shape index (κ2) is 9.06. The lowest BCUT2D eigenvalue weighted by molar-refractivity contribution is 0.414. The number of fused-ring (bicyclic) bond motifs is 1. The van der Waals surface area contributed by atoms with Gasteiger partial charge < -0.3 is 9.30 Å². The van der Waals surface area contributed by atoms with Crippen LogP contribution in [0.3, 0.4) is 0 Å². The zero-order valence-electron chi connectivity index (χ0n) is 18.0. The van der Waals surface area contributed by atoms with Crippen LogP contribution in [0, 0.1) is 13.8 Å². The minimum absolute atomic E-state index is 0.0259. The van der Waals surface area contributed by atoms with Gasteiger partial charge in [0.05, 0.1) is 39.7 Å². The highest BCUT2D eigenvalue weighted by molar-refractivity contribution is 7.92. The molecular weight excluding hydrogens is 505 g/mol. The zero-order chi connectivity index (χ0) is 23.9. The van der Waals surface area contributed by atoms with Gasteiger partial charge in [-0.3, -0.25) is 4.72 Å². The summed E-state index contributed by atoms with van der Waals surface area (Å²) in [4.78, 5) is 4.35. The lowest BCUT2D eigenvalue weighted by Gasteiger charge is -2.15. The third-order valence-electron chi connectivity index (χ3n) is 5.42. The van der Waals surface area contributed by atoms with Crippen molar-refractivity contribution in [2.75, 3.05) is 11.8 Å². The van der Waals surface area contributed by atoms with Crippen molar-refractivity contribution in [2.24, 2.45) is 0 Å². The molecule has 0 atom stereocenters. The molecule has 4 rings (SSSR count). The van der Waals surface area contributed by atoms with Crippen LogP contribution < -0.4 is 9.46 Å². The molecule has 0 bridgehead atoms. The normalized spacial score (nSPS) is 11.7. The number of rotatable bonds is 6. The number of hydrogen-bond acceptors (Lipinski definition) is 4. The number of sulfonamides is 1. The molecule has 0 saturated heterocycles. The Morgan fingerprint density at radius 2 is 1.76 bits per heavy atom. The summed E-state index contributed by atoms with van der Waals surface area (Å²) in [5.74, 6) is 0.760. The molecule has 1 N–H and O–H groups in total. The zero-order valence-corrected chi connectivity index (χ0v) is 21.1. The van der Waals surface area contributed by atoms with Crippen LogP contribution in [0.4, 0.5) is 5.69 Å². The molecule has 172 valence electrons. The highest BCUT2D eigenvalue weighted by atomic mass is 35.5. The highest BCUT2D eigenvalue weighted by Gasteiger charge is 2.23. The van der Waals surface area contributed by atoms with Gasteiger partial charge in [-0.2, -0.15) is 0 Å². The van der Waals surface area contributed by atoms with Crippen molar-refractivity contribution in [3.05, 3.63) is 80.6 Å². The first kappa shape index (κ1) is 23.7. The summed E-state index contributed by atoms with van der Waals surface area (Å²) in [6, 6.07) is 12.3. The Balaban J connectivity index is 1.78. The molecule has 0 radical (unpaired) electrons. The molecular formula is C23H20Cl3N3O3S. The molecule has 3 aromatic carbocycles. The Labute approximate surface area is 207 Å². The average Bonchev–Trinajstić information content (AvgIpc) is 3.16. The maximum absolute atomic E-state index is 13.2. The van der Waals surface area contributed by atoms with Crippen molar-refractivity contribution in [3.8, 4) is 5.75 Å². The maximum Gasteiger partial charge on any atom is 0.263 e. The van der Waals surface area contributed by atoms with E-state index in [2.05, 4.69) is 9.71 Å². The van der Waals surface area contributed by atoms with Gasteiger partial charge in [-0.25, -0.2) is 13.4 Å². The van der Waals surface area contributed by atoms with Gasteiger partial charge in [0, 0.05) is 6.54 Å². The Morgan fingerprint density at radius 3 is 2.48 bits per heavy atom. The van der Waals surface area contributed by atoms with Crippen LogP contribution in [0.5, 0.6) is 5.75 Å². The summed E-state index contributed by atoms with van der Waals surface area (Å²) in [6.07, 6.45) is 1.69. The number of halogens is 3. The van der Waals surface area contributed by atoms with Crippen LogP contribution in [-0.4, -0.2) is 25.1 Å². The van der Waals surface area contributed by atoms with E-state index in [4.69, 9.17) is 39.5 Å². The number of benzene rings is 3. The van der Waals surface area contributed by atoms with E-state index in [-0.39, 0.29) is 20.0 Å². The predicted octanol–water partition coefficient (Wildman–Crippen LogP) is 6.47. The lowest BCUT2D eigenvalue weighted by atomic mass is 10.1. The Kier molecular flexibility index (Phi) is 6.51. The van der Waals surface area contributed by atoms with Gasteiger partial charge in [0.15, 0.2) is 0 Å². The van der Waals surface area contributed by atoms with E-state index in [9.17, 15) is 8.42 Å². The molecule has 0 fully saturated rings. The summed E-state index contributed by atoms with van der Waals surface area (Å²) >= 11 is 18.2. The Bertz CT molecular complexity index is 1480. The number of aryl methyl sites for hydroxylation is 1. The molecule has 4 aromatic rings. The van der Waals surface area contributed by atoms with E-state index in [0.29, 0.717) is 17.7 Å². The molecule has 33 heavy (non-hydrogen) atoms.